The maximum absolute atomic E-state index is 11.2. The van der Waals surface area contributed by atoms with Gasteiger partial charge in [-0.1, -0.05) is 0 Å². The first kappa shape index (κ1) is 2.92. The van der Waals surface area contributed by atoms with Crippen LogP contribution < -0.4 is 10.9 Å². The zero-order valence-corrected chi connectivity index (χ0v) is 5.02. The van der Waals surface area contributed by atoms with Crippen LogP contribution in [0.25, 0.3) is 0 Å². The summed E-state index contributed by atoms with van der Waals surface area (Å²) in [5.74, 6) is -0.307. The van der Waals surface area contributed by atoms with E-state index in [-0.39, 0.29) is 17.9 Å². The first-order chi connectivity index (χ1) is 6.34. The van der Waals surface area contributed by atoms with Gasteiger partial charge in [0, 0.05) is 2.74 Å². The van der Waals surface area contributed by atoms with E-state index in [2.05, 4.69) is 9.84 Å². The van der Waals surface area contributed by atoms with Gasteiger partial charge in [-0.05, 0) is 12.9 Å². The van der Waals surface area contributed by atoms with E-state index < -0.39 is 18.4 Å². The van der Waals surface area contributed by atoms with Crippen LogP contribution in [0.1, 0.15) is 16.8 Å². The predicted molar refractivity (Wildman–Crippen MR) is 34.7 cm³/mol. The van der Waals surface area contributed by atoms with Gasteiger partial charge >= 0.3 is 0 Å². The smallest absolute Gasteiger partial charge is 0.283 e. The summed E-state index contributed by atoms with van der Waals surface area (Å²) in [6.45, 7) is -2.25. The van der Waals surface area contributed by atoms with Crippen molar-refractivity contribution >= 4 is 0 Å². The maximum atomic E-state index is 11.2. The minimum Gasteiger partial charge on any atom is -0.382 e. The molecular weight excluding hydrogens is 132 g/mol. The van der Waals surface area contributed by atoms with Crippen molar-refractivity contribution in [2.45, 2.75) is 12.9 Å². The van der Waals surface area contributed by atoms with Crippen LogP contribution >= 0.6 is 0 Å². The maximum Gasteiger partial charge on any atom is 0.283 e. The molecule has 2 heterocycles. The molecule has 0 saturated heterocycles. The van der Waals surface area contributed by atoms with E-state index in [1.165, 1.54) is 0 Å². The summed E-state index contributed by atoms with van der Waals surface area (Å²) in [7, 11) is 0. The number of hydrogen-bond acceptors (Lipinski definition) is 3. The SMILES string of the molecule is [2H]C1([2H])CNC([2H])([2H])c2o[nH]c(=O)c21. The third-order valence-corrected chi connectivity index (χ3v) is 1.26. The topological polar surface area (TPSA) is 58.0 Å². The molecule has 0 unspecified atom stereocenters. The molecule has 0 radical (unpaired) electrons. The molecule has 0 amide bonds. The number of H-pyrrole nitrogens is 1. The Morgan fingerprint density at radius 1 is 1.70 bits per heavy atom. The Morgan fingerprint density at radius 2 is 2.60 bits per heavy atom. The highest BCUT2D eigenvalue weighted by Crippen LogP contribution is 2.06. The van der Waals surface area contributed by atoms with Gasteiger partial charge in [-0.3, -0.25) is 4.79 Å². The molecule has 0 aliphatic carbocycles. The van der Waals surface area contributed by atoms with E-state index in [0.29, 0.717) is 0 Å². The lowest BCUT2D eigenvalue weighted by molar-refractivity contribution is 0.362. The number of aromatic nitrogens is 1. The van der Waals surface area contributed by atoms with Crippen molar-refractivity contribution in [1.29, 1.82) is 0 Å². The highest BCUT2D eigenvalue weighted by molar-refractivity contribution is 5.16. The third kappa shape index (κ3) is 0.690. The Kier molecular flexibility index (Phi) is 0.579. The Bertz CT molecular complexity index is 422. The predicted octanol–water partition coefficient (Wildman–Crippen LogP) is -0.386. The van der Waals surface area contributed by atoms with Crippen molar-refractivity contribution in [3.8, 4) is 0 Å². The summed E-state index contributed by atoms with van der Waals surface area (Å²) in [5.41, 5.74) is -0.975. The van der Waals surface area contributed by atoms with E-state index in [1.807, 2.05) is 5.16 Å². The molecular formula is C6H8N2O2. The summed E-state index contributed by atoms with van der Waals surface area (Å²) in [6, 6.07) is 0. The van der Waals surface area contributed by atoms with Crippen molar-refractivity contribution in [2.24, 2.45) is 0 Å². The van der Waals surface area contributed by atoms with Gasteiger partial charge in [0.25, 0.3) is 5.56 Å². The molecule has 54 valence electrons. The standard InChI is InChI=1S/C6H8N2O2/c9-6-4-1-2-7-3-5(4)10-8-6/h7H,1-3H2,(H,8,9)/i1D2,3D2. The molecule has 0 saturated carbocycles. The average molecular weight is 144 g/mol. The lowest BCUT2D eigenvalue weighted by atomic mass is 10.1. The van der Waals surface area contributed by atoms with Gasteiger partial charge in [-0.25, -0.2) is 0 Å². The zero-order chi connectivity index (χ0) is 10.6. The molecule has 1 aliphatic rings. The van der Waals surface area contributed by atoms with Crippen molar-refractivity contribution in [2.75, 3.05) is 6.54 Å². The summed E-state index contributed by atoms with van der Waals surface area (Å²) >= 11 is 0. The second-order valence-electron chi connectivity index (χ2n) is 1.89. The second-order valence-corrected chi connectivity index (χ2v) is 1.89. The number of nitrogens with one attached hydrogen (secondary N) is 2. The molecule has 0 spiro atoms. The van der Waals surface area contributed by atoms with Crippen LogP contribution in [0, 0.1) is 0 Å². The molecule has 2 rings (SSSR count). The molecule has 0 atom stereocenters. The fourth-order valence-electron chi connectivity index (χ4n) is 0.808. The van der Waals surface area contributed by atoms with E-state index in [4.69, 9.17) is 5.48 Å². The van der Waals surface area contributed by atoms with Crippen LogP contribution in [0.2, 0.25) is 0 Å². The van der Waals surface area contributed by atoms with E-state index in [9.17, 15) is 4.79 Å². The van der Waals surface area contributed by atoms with Gasteiger partial charge < -0.3 is 9.84 Å². The zero-order valence-electron chi connectivity index (χ0n) is 9.02. The van der Waals surface area contributed by atoms with Crippen LogP contribution in [0.5, 0.6) is 0 Å². The van der Waals surface area contributed by atoms with Crippen LogP contribution in [-0.2, 0) is 12.9 Å². The molecule has 1 aromatic rings. The van der Waals surface area contributed by atoms with Gasteiger partial charge in [-0.15, -0.1) is 0 Å². The number of fused-ring (bicyclic) bond motifs is 1. The fourth-order valence-corrected chi connectivity index (χ4v) is 0.808. The van der Waals surface area contributed by atoms with Crippen molar-refractivity contribution < 1.29 is 10.0 Å². The fraction of sp³-hybridized carbons (Fsp3) is 0.500. The number of aromatic amines is 1. The molecule has 10 heavy (non-hydrogen) atoms. The molecule has 0 aromatic carbocycles. The van der Waals surface area contributed by atoms with Crippen molar-refractivity contribution in [3.63, 3.8) is 0 Å². The molecule has 2 N–H and O–H groups in total. The number of hydrogen-bond donors (Lipinski definition) is 2. The Balaban J connectivity index is 2.70. The van der Waals surface area contributed by atoms with E-state index >= 15 is 0 Å². The third-order valence-electron chi connectivity index (χ3n) is 1.26. The summed E-state index contributed by atoms with van der Waals surface area (Å²) < 4.78 is 34.5. The number of rotatable bonds is 0. The Morgan fingerprint density at radius 3 is 3.40 bits per heavy atom. The van der Waals surface area contributed by atoms with Gasteiger partial charge in [0.15, 0.2) is 5.76 Å². The van der Waals surface area contributed by atoms with Crippen molar-refractivity contribution in [1.82, 2.24) is 10.5 Å². The van der Waals surface area contributed by atoms with Gasteiger partial charge in [0.2, 0.25) is 0 Å². The second kappa shape index (κ2) is 1.98. The average Bonchev–Trinajstić information content (AvgIpc) is 2.44. The molecule has 1 aromatic heterocycles. The first-order valence-corrected chi connectivity index (χ1v) is 2.82. The van der Waals surface area contributed by atoms with Crippen LogP contribution in [0.3, 0.4) is 0 Å². The lowest BCUT2D eigenvalue weighted by Crippen LogP contribution is -2.25. The molecule has 0 fully saturated rings. The van der Waals surface area contributed by atoms with Gasteiger partial charge in [-0.2, -0.15) is 5.16 Å². The quantitative estimate of drug-likeness (QED) is 0.521. The van der Waals surface area contributed by atoms with Gasteiger partial charge in [0.1, 0.15) is 0 Å². The Labute approximate surface area is 62.8 Å². The highest BCUT2D eigenvalue weighted by Gasteiger charge is 2.15. The van der Waals surface area contributed by atoms with E-state index in [1.54, 1.807) is 0 Å². The van der Waals surface area contributed by atoms with Crippen LogP contribution in [0.4, 0.5) is 0 Å². The van der Waals surface area contributed by atoms with Crippen LogP contribution in [0.15, 0.2) is 9.32 Å². The van der Waals surface area contributed by atoms with E-state index in [0.717, 1.165) is 0 Å². The highest BCUT2D eigenvalue weighted by atomic mass is 16.5. The molecule has 0 bridgehead atoms. The first-order valence-electron chi connectivity index (χ1n) is 4.82. The summed E-state index contributed by atoms with van der Waals surface area (Å²) in [5, 5.41) is 4.26. The van der Waals surface area contributed by atoms with Gasteiger partial charge in [0.05, 0.1) is 14.8 Å². The van der Waals surface area contributed by atoms with Crippen molar-refractivity contribution in [3.05, 3.63) is 21.7 Å². The summed E-state index contributed by atoms with van der Waals surface area (Å²) in [6.07, 6.45) is -1.90. The normalized spacial score (nSPS) is 32.8. The Hall–Kier alpha value is -1.03. The largest absolute Gasteiger partial charge is 0.382 e. The molecule has 4 heteroatoms. The monoisotopic (exact) mass is 144 g/mol. The minimum atomic E-state index is -2.00. The summed E-state index contributed by atoms with van der Waals surface area (Å²) in [4.78, 5) is 11.2. The minimum absolute atomic E-state index is 0.254. The lowest BCUT2D eigenvalue weighted by Gasteiger charge is -2.07. The van der Waals surface area contributed by atoms with Crippen LogP contribution in [-0.4, -0.2) is 11.7 Å². The molecule has 1 aliphatic heterocycles. The molecule has 4 nitrogen and oxygen atoms in total.